The Labute approximate surface area is 239 Å². The number of halogens is 1. The van der Waals surface area contributed by atoms with Crippen LogP contribution < -0.4 is 10.1 Å². The molecule has 2 aromatic heterocycles. The largest absolute Gasteiger partial charge is 0.490 e. The molecule has 1 aromatic carbocycles. The van der Waals surface area contributed by atoms with Crippen LogP contribution in [0.4, 0.5) is 4.39 Å². The molecule has 2 N–H and O–H groups in total. The second-order valence-corrected chi connectivity index (χ2v) is 12.2. The summed E-state index contributed by atoms with van der Waals surface area (Å²) in [4.78, 5) is 30.2. The van der Waals surface area contributed by atoms with Crippen LogP contribution in [0.3, 0.4) is 0 Å². The summed E-state index contributed by atoms with van der Waals surface area (Å²) in [5.41, 5.74) is 1.98. The minimum atomic E-state index is -1.44. The van der Waals surface area contributed by atoms with E-state index >= 15 is 4.39 Å². The molecule has 10 nitrogen and oxygen atoms in total. The van der Waals surface area contributed by atoms with Crippen LogP contribution in [0.5, 0.6) is 5.75 Å². The summed E-state index contributed by atoms with van der Waals surface area (Å²) < 4.78 is 34.2. The SMILES string of the molecule is Cc1nc2cc(C(=O)NCCOC(C)(C)C)nn2c(-c2cc(F)c3c(c2C)CCCO3)c1C(OC(C)(C)C)C(=O)O. The first-order valence-electron chi connectivity index (χ1n) is 13.8. The highest BCUT2D eigenvalue weighted by molar-refractivity contribution is 5.93. The summed E-state index contributed by atoms with van der Waals surface area (Å²) in [6, 6.07) is 2.85. The van der Waals surface area contributed by atoms with Crippen molar-refractivity contribution in [3.63, 3.8) is 0 Å². The molecule has 4 rings (SSSR count). The second kappa shape index (κ2) is 11.4. The minimum Gasteiger partial charge on any atom is -0.490 e. The van der Waals surface area contributed by atoms with Gasteiger partial charge in [0.2, 0.25) is 0 Å². The average molecular weight is 571 g/mol. The van der Waals surface area contributed by atoms with Gasteiger partial charge in [-0.25, -0.2) is 18.7 Å². The standard InChI is InChI=1S/C30H39FN4O6/c1-16-18-10-9-12-39-25(18)20(31)14-19(16)24-23(26(28(37)38)41-30(6,7)8)17(2)33-22-15-21(34-35(22)24)27(36)32-11-13-40-29(3,4)5/h14-15,26H,9-13H2,1-8H3,(H,32,36)(H,37,38). The van der Waals surface area contributed by atoms with Gasteiger partial charge in [-0.05, 0) is 79.9 Å². The molecule has 222 valence electrons. The van der Waals surface area contributed by atoms with Gasteiger partial charge in [-0.3, -0.25) is 4.79 Å². The number of carboxylic acid groups (broad SMARTS) is 1. The van der Waals surface area contributed by atoms with E-state index in [1.807, 2.05) is 27.7 Å². The molecule has 1 unspecified atom stereocenters. The Bertz CT molecular complexity index is 1490. The van der Waals surface area contributed by atoms with Gasteiger partial charge in [-0.2, -0.15) is 5.10 Å². The number of nitrogens with one attached hydrogen (secondary N) is 1. The fraction of sp³-hybridized carbons (Fsp3) is 0.533. The molecule has 0 aliphatic carbocycles. The van der Waals surface area contributed by atoms with E-state index in [4.69, 9.17) is 14.2 Å². The lowest BCUT2D eigenvalue weighted by molar-refractivity contribution is -0.160. The molecule has 1 amide bonds. The van der Waals surface area contributed by atoms with Crippen molar-refractivity contribution < 1.29 is 33.3 Å². The van der Waals surface area contributed by atoms with Crippen molar-refractivity contribution in [3.8, 4) is 17.0 Å². The van der Waals surface area contributed by atoms with Crippen molar-refractivity contribution in [2.75, 3.05) is 19.8 Å². The number of fused-ring (bicyclic) bond motifs is 2. The number of carboxylic acids is 1. The maximum atomic E-state index is 15.5. The molecule has 0 saturated heterocycles. The number of aryl methyl sites for hydroxylation is 1. The topological polar surface area (TPSA) is 124 Å². The highest BCUT2D eigenvalue weighted by Gasteiger charge is 2.35. The molecule has 3 heterocycles. The van der Waals surface area contributed by atoms with Crippen LogP contribution >= 0.6 is 0 Å². The zero-order valence-electron chi connectivity index (χ0n) is 25.0. The first kappa shape index (κ1) is 30.4. The van der Waals surface area contributed by atoms with E-state index in [0.29, 0.717) is 47.8 Å². The van der Waals surface area contributed by atoms with E-state index in [1.165, 1.54) is 16.6 Å². The highest BCUT2D eigenvalue weighted by atomic mass is 19.1. The Morgan fingerprint density at radius 1 is 1.17 bits per heavy atom. The van der Waals surface area contributed by atoms with Crippen molar-refractivity contribution in [1.82, 2.24) is 19.9 Å². The van der Waals surface area contributed by atoms with E-state index in [9.17, 15) is 14.7 Å². The molecule has 3 aromatic rings. The fourth-order valence-corrected chi connectivity index (χ4v) is 4.92. The molecular formula is C30H39FN4O6. The van der Waals surface area contributed by atoms with Crippen molar-refractivity contribution >= 4 is 17.5 Å². The molecule has 1 aliphatic heterocycles. The summed E-state index contributed by atoms with van der Waals surface area (Å²) >= 11 is 0. The monoisotopic (exact) mass is 570 g/mol. The molecule has 1 atom stereocenters. The van der Waals surface area contributed by atoms with Crippen LogP contribution in [-0.2, 0) is 20.7 Å². The van der Waals surface area contributed by atoms with E-state index < -0.39 is 29.4 Å². The normalized spacial score (nSPS) is 14.5. The van der Waals surface area contributed by atoms with Gasteiger partial charge in [0.15, 0.2) is 29.0 Å². The van der Waals surface area contributed by atoms with Crippen LogP contribution in [0.25, 0.3) is 16.9 Å². The zero-order chi connectivity index (χ0) is 30.3. The summed E-state index contributed by atoms with van der Waals surface area (Å²) in [6.07, 6.45) is -0.101. The minimum absolute atomic E-state index is 0.0779. The molecule has 0 fully saturated rings. The first-order valence-corrected chi connectivity index (χ1v) is 13.8. The molecule has 0 bridgehead atoms. The van der Waals surface area contributed by atoms with Crippen molar-refractivity contribution in [2.45, 2.75) is 85.5 Å². The van der Waals surface area contributed by atoms with Gasteiger partial charge in [0, 0.05) is 35.0 Å². The summed E-state index contributed by atoms with van der Waals surface area (Å²) in [5, 5.41) is 17.6. The number of carbonyl (C=O) groups is 2. The number of ether oxygens (including phenoxy) is 3. The smallest absolute Gasteiger partial charge is 0.337 e. The number of benzene rings is 1. The van der Waals surface area contributed by atoms with Crippen LogP contribution in [0, 0.1) is 19.7 Å². The van der Waals surface area contributed by atoms with Crippen molar-refractivity contribution in [1.29, 1.82) is 0 Å². The second-order valence-electron chi connectivity index (χ2n) is 12.2. The Hall–Kier alpha value is -3.57. The van der Waals surface area contributed by atoms with Crippen LogP contribution in [-0.4, -0.2) is 62.5 Å². The predicted octanol–water partition coefficient (Wildman–Crippen LogP) is 4.96. The number of amides is 1. The van der Waals surface area contributed by atoms with Crippen LogP contribution in [0.2, 0.25) is 0 Å². The Kier molecular flexibility index (Phi) is 8.42. The first-order chi connectivity index (χ1) is 19.1. The lowest BCUT2D eigenvalue weighted by Crippen LogP contribution is -2.31. The Morgan fingerprint density at radius 2 is 1.88 bits per heavy atom. The summed E-state index contributed by atoms with van der Waals surface area (Å²) in [5.74, 6) is -2.02. The van der Waals surface area contributed by atoms with E-state index in [-0.39, 0.29) is 29.2 Å². The van der Waals surface area contributed by atoms with Gasteiger partial charge < -0.3 is 24.6 Å². The number of carbonyl (C=O) groups excluding carboxylic acids is 1. The number of aromatic nitrogens is 3. The number of nitrogens with zero attached hydrogens (tertiary/aromatic N) is 3. The third kappa shape index (κ3) is 6.68. The maximum Gasteiger partial charge on any atom is 0.337 e. The number of hydrogen-bond donors (Lipinski definition) is 2. The van der Waals surface area contributed by atoms with E-state index in [0.717, 1.165) is 12.0 Å². The van der Waals surface area contributed by atoms with Gasteiger partial charge >= 0.3 is 5.97 Å². The van der Waals surface area contributed by atoms with E-state index in [1.54, 1.807) is 27.7 Å². The number of rotatable bonds is 8. The van der Waals surface area contributed by atoms with Gasteiger partial charge in [-0.15, -0.1) is 0 Å². The van der Waals surface area contributed by atoms with Crippen LogP contribution in [0.15, 0.2) is 12.1 Å². The molecular weight excluding hydrogens is 531 g/mol. The number of hydrogen-bond acceptors (Lipinski definition) is 7. The Balaban J connectivity index is 1.91. The molecule has 11 heteroatoms. The fourth-order valence-electron chi connectivity index (χ4n) is 4.92. The lowest BCUT2D eigenvalue weighted by atomic mass is 9.91. The predicted molar refractivity (Wildman–Crippen MR) is 151 cm³/mol. The van der Waals surface area contributed by atoms with Crippen molar-refractivity contribution in [3.05, 3.63) is 46.0 Å². The third-order valence-corrected chi connectivity index (χ3v) is 6.63. The Morgan fingerprint density at radius 3 is 2.51 bits per heavy atom. The third-order valence-electron chi connectivity index (χ3n) is 6.63. The summed E-state index contributed by atoms with van der Waals surface area (Å²) in [7, 11) is 0. The quantitative estimate of drug-likeness (QED) is 0.364. The summed E-state index contributed by atoms with van der Waals surface area (Å²) in [6.45, 7) is 15.6. The molecule has 1 aliphatic rings. The molecule has 41 heavy (non-hydrogen) atoms. The van der Waals surface area contributed by atoms with Crippen molar-refractivity contribution in [2.24, 2.45) is 0 Å². The molecule has 0 saturated carbocycles. The number of aliphatic carboxylic acids is 1. The molecule has 0 radical (unpaired) electrons. The average Bonchev–Trinajstić information content (AvgIpc) is 3.29. The lowest BCUT2D eigenvalue weighted by Gasteiger charge is -2.28. The molecule has 0 spiro atoms. The maximum absolute atomic E-state index is 15.5. The van der Waals surface area contributed by atoms with Gasteiger partial charge in [0.1, 0.15) is 0 Å². The van der Waals surface area contributed by atoms with Gasteiger partial charge in [0.05, 0.1) is 30.1 Å². The van der Waals surface area contributed by atoms with E-state index in [2.05, 4.69) is 15.4 Å². The highest BCUT2D eigenvalue weighted by Crippen LogP contribution is 2.41. The van der Waals surface area contributed by atoms with Gasteiger partial charge in [0.25, 0.3) is 5.91 Å². The zero-order valence-corrected chi connectivity index (χ0v) is 25.0. The van der Waals surface area contributed by atoms with Crippen LogP contribution in [0.1, 0.15) is 86.9 Å². The van der Waals surface area contributed by atoms with Gasteiger partial charge in [-0.1, -0.05) is 0 Å².